The highest BCUT2D eigenvalue weighted by molar-refractivity contribution is 5.87. The molecule has 0 fully saturated rings. The zero-order valence-electron chi connectivity index (χ0n) is 9.00. The molecule has 6 heteroatoms. The van der Waals surface area contributed by atoms with Crippen LogP contribution in [0.5, 0.6) is 0 Å². The third-order valence-electron chi connectivity index (χ3n) is 1.96. The van der Waals surface area contributed by atoms with Gasteiger partial charge in [-0.2, -0.15) is 0 Å². The molecule has 0 unspecified atom stereocenters. The monoisotopic (exact) mass is 229 g/mol. The van der Waals surface area contributed by atoms with Crippen molar-refractivity contribution in [3.63, 3.8) is 0 Å². The summed E-state index contributed by atoms with van der Waals surface area (Å²) in [6.45, 7) is 0.368. The average Bonchev–Trinajstić information content (AvgIpc) is 2.39. The van der Waals surface area contributed by atoms with Crippen molar-refractivity contribution in [2.45, 2.75) is 6.54 Å². The lowest BCUT2D eigenvalue weighted by molar-refractivity contribution is 0.251. The largest absolute Gasteiger partial charge is 0.332 e. The number of aromatic nitrogens is 3. The average molecular weight is 229 g/mol. The molecule has 2 N–H and O–H groups in total. The van der Waals surface area contributed by atoms with Crippen LogP contribution in [0.4, 0.5) is 10.6 Å². The molecule has 2 aromatic rings. The summed E-state index contributed by atoms with van der Waals surface area (Å²) in [5.41, 5.74) is 0.793. The smallest absolute Gasteiger partial charge is 0.320 e. The Labute approximate surface area is 98.1 Å². The number of hydrogen-bond acceptors (Lipinski definition) is 4. The number of nitrogens with zero attached hydrogens (tertiary/aromatic N) is 3. The minimum Gasteiger partial charge on any atom is -0.332 e. The van der Waals surface area contributed by atoms with E-state index in [2.05, 4.69) is 25.6 Å². The van der Waals surface area contributed by atoms with E-state index < -0.39 is 0 Å². The van der Waals surface area contributed by atoms with E-state index in [9.17, 15) is 4.79 Å². The molecule has 17 heavy (non-hydrogen) atoms. The third-order valence-corrected chi connectivity index (χ3v) is 1.96. The van der Waals surface area contributed by atoms with Crippen molar-refractivity contribution in [3.05, 3.63) is 48.7 Å². The molecular formula is C11H11N5O. The quantitative estimate of drug-likeness (QED) is 0.828. The van der Waals surface area contributed by atoms with Crippen LogP contribution in [-0.2, 0) is 6.54 Å². The molecule has 2 amide bonds. The Morgan fingerprint density at radius 2 is 2.12 bits per heavy atom. The Bertz CT molecular complexity index is 474. The summed E-state index contributed by atoms with van der Waals surface area (Å²) < 4.78 is 0. The number of anilines is 1. The Kier molecular flexibility index (Phi) is 3.59. The summed E-state index contributed by atoms with van der Waals surface area (Å²) in [6, 6.07) is 5.19. The second-order valence-electron chi connectivity index (χ2n) is 3.22. The van der Waals surface area contributed by atoms with Crippen LogP contribution in [0.15, 0.2) is 43.0 Å². The normalized spacial score (nSPS) is 9.65. The maximum absolute atomic E-state index is 11.5. The summed E-state index contributed by atoms with van der Waals surface area (Å²) in [4.78, 5) is 23.3. The Morgan fingerprint density at radius 1 is 1.18 bits per heavy atom. The molecule has 86 valence electrons. The highest BCUT2D eigenvalue weighted by atomic mass is 16.2. The predicted molar refractivity (Wildman–Crippen MR) is 62.1 cm³/mol. The van der Waals surface area contributed by atoms with E-state index >= 15 is 0 Å². The van der Waals surface area contributed by atoms with Gasteiger partial charge in [0.15, 0.2) is 5.82 Å². The maximum atomic E-state index is 11.5. The number of nitrogens with one attached hydrogen (secondary N) is 2. The van der Waals surface area contributed by atoms with Crippen LogP contribution in [0.3, 0.4) is 0 Å². The van der Waals surface area contributed by atoms with E-state index in [1.807, 2.05) is 18.2 Å². The van der Waals surface area contributed by atoms with E-state index in [4.69, 9.17) is 0 Å². The first-order chi connectivity index (χ1) is 8.34. The highest BCUT2D eigenvalue weighted by Gasteiger charge is 2.02. The van der Waals surface area contributed by atoms with Gasteiger partial charge < -0.3 is 5.32 Å². The molecule has 0 spiro atoms. The van der Waals surface area contributed by atoms with Gasteiger partial charge in [0.1, 0.15) is 0 Å². The molecule has 0 radical (unpaired) electrons. The van der Waals surface area contributed by atoms with E-state index in [1.165, 1.54) is 18.6 Å². The van der Waals surface area contributed by atoms with E-state index in [0.29, 0.717) is 12.4 Å². The van der Waals surface area contributed by atoms with Crippen LogP contribution in [0.2, 0.25) is 0 Å². The van der Waals surface area contributed by atoms with Crippen LogP contribution in [-0.4, -0.2) is 21.0 Å². The van der Waals surface area contributed by atoms with Gasteiger partial charge in [-0.15, -0.1) is 0 Å². The summed E-state index contributed by atoms with van der Waals surface area (Å²) in [5, 5.41) is 5.23. The van der Waals surface area contributed by atoms with Crippen molar-refractivity contribution in [2.75, 3.05) is 5.32 Å². The van der Waals surface area contributed by atoms with Gasteiger partial charge in [0.05, 0.1) is 18.4 Å². The third kappa shape index (κ3) is 3.53. The molecule has 0 aliphatic heterocycles. The molecule has 0 atom stereocenters. The van der Waals surface area contributed by atoms with Crippen molar-refractivity contribution in [2.24, 2.45) is 0 Å². The molecule has 2 heterocycles. The zero-order chi connectivity index (χ0) is 11.9. The molecular weight excluding hydrogens is 218 g/mol. The number of rotatable bonds is 3. The lowest BCUT2D eigenvalue weighted by atomic mass is 10.3. The number of pyridine rings is 1. The summed E-state index contributed by atoms with van der Waals surface area (Å²) in [6.07, 6.45) is 6.20. The SMILES string of the molecule is O=C(NCc1ccccn1)Nc1cnccn1. The predicted octanol–water partition coefficient (Wildman–Crippen LogP) is 1.19. The summed E-state index contributed by atoms with van der Waals surface area (Å²) in [5.74, 6) is 0.408. The zero-order valence-corrected chi connectivity index (χ0v) is 9.00. The van der Waals surface area contributed by atoms with Gasteiger partial charge in [-0.05, 0) is 12.1 Å². The second-order valence-corrected chi connectivity index (χ2v) is 3.22. The van der Waals surface area contributed by atoms with Crippen molar-refractivity contribution in [3.8, 4) is 0 Å². The van der Waals surface area contributed by atoms with Crippen molar-refractivity contribution in [1.29, 1.82) is 0 Å². The molecule has 0 aromatic carbocycles. The van der Waals surface area contributed by atoms with Crippen LogP contribution in [0, 0.1) is 0 Å². The van der Waals surface area contributed by atoms with Crippen LogP contribution >= 0.6 is 0 Å². The van der Waals surface area contributed by atoms with Gasteiger partial charge in [0.25, 0.3) is 0 Å². The van der Waals surface area contributed by atoms with Crippen LogP contribution < -0.4 is 10.6 Å². The Balaban J connectivity index is 1.83. The molecule has 2 rings (SSSR count). The maximum Gasteiger partial charge on any atom is 0.320 e. The summed E-state index contributed by atoms with van der Waals surface area (Å²) >= 11 is 0. The fourth-order valence-electron chi connectivity index (χ4n) is 1.20. The lowest BCUT2D eigenvalue weighted by Gasteiger charge is -2.05. The molecule has 0 aliphatic carbocycles. The number of amides is 2. The fraction of sp³-hybridized carbons (Fsp3) is 0.0909. The fourth-order valence-corrected chi connectivity index (χ4v) is 1.20. The van der Waals surface area contributed by atoms with E-state index in [1.54, 1.807) is 6.20 Å². The Morgan fingerprint density at radius 3 is 2.82 bits per heavy atom. The lowest BCUT2D eigenvalue weighted by Crippen LogP contribution is -2.28. The highest BCUT2D eigenvalue weighted by Crippen LogP contribution is 1.97. The van der Waals surface area contributed by atoms with Gasteiger partial charge in [-0.3, -0.25) is 15.3 Å². The van der Waals surface area contributed by atoms with E-state index in [0.717, 1.165) is 5.69 Å². The number of carbonyl (C=O) groups excluding carboxylic acids is 1. The standard InChI is InChI=1S/C11H11N5O/c17-11(16-10-8-12-5-6-14-10)15-7-9-3-1-2-4-13-9/h1-6,8H,7H2,(H2,14,15,16,17). The minimum atomic E-state index is -0.337. The molecule has 0 bridgehead atoms. The molecule has 6 nitrogen and oxygen atoms in total. The first-order valence-electron chi connectivity index (χ1n) is 5.05. The van der Waals surface area contributed by atoms with Gasteiger partial charge in [0, 0.05) is 18.6 Å². The van der Waals surface area contributed by atoms with Gasteiger partial charge >= 0.3 is 6.03 Å². The first kappa shape index (κ1) is 11.0. The number of hydrogen-bond donors (Lipinski definition) is 2. The van der Waals surface area contributed by atoms with Crippen molar-refractivity contribution >= 4 is 11.8 Å². The first-order valence-corrected chi connectivity index (χ1v) is 5.05. The number of carbonyl (C=O) groups is 1. The summed E-state index contributed by atoms with van der Waals surface area (Å²) in [7, 11) is 0. The minimum absolute atomic E-state index is 0.337. The van der Waals surface area contributed by atoms with Gasteiger partial charge in [0.2, 0.25) is 0 Å². The molecule has 0 aliphatic rings. The molecule has 0 saturated heterocycles. The molecule has 2 aromatic heterocycles. The van der Waals surface area contributed by atoms with Crippen LogP contribution in [0.1, 0.15) is 5.69 Å². The van der Waals surface area contributed by atoms with Gasteiger partial charge in [-0.25, -0.2) is 9.78 Å². The molecule has 0 saturated carbocycles. The van der Waals surface area contributed by atoms with Crippen molar-refractivity contribution < 1.29 is 4.79 Å². The Hall–Kier alpha value is -2.50. The van der Waals surface area contributed by atoms with Crippen LogP contribution in [0.25, 0.3) is 0 Å². The van der Waals surface area contributed by atoms with Crippen molar-refractivity contribution in [1.82, 2.24) is 20.3 Å². The second kappa shape index (κ2) is 5.55. The van der Waals surface area contributed by atoms with Gasteiger partial charge in [-0.1, -0.05) is 6.07 Å². The van der Waals surface area contributed by atoms with E-state index in [-0.39, 0.29) is 6.03 Å². The number of urea groups is 1. The topological polar surface area (TPSA) is 79.8 Å².